The first-order valence-corrected chi connectivity index (χ1v) is 11.1. The van der Waals surface area contributed by atoms with Gasteiger partial charge in [-0.25, -0.2) is 9.99 Å². The van der Waals surface area contributed by atoms with Crippen molar-refractivity contribution in [3.8, 4) is 11.5 Å². The van der Waals surface area contributed by atoms with Gasteiger partial charge in [0.1, 0.15) is 16.7 Å². The molecular weight excluding hydrogens is 458 g/mol. The lowest BCUT2D eigenvalue weighted by atomic mass is 9.97. The predicted molar refractivity (Wildman–Crippen MR) is 129 cm³/mol. The Morgan fingerprint density at radius 1 is 1.12 bits per heavy atom. The SMILES string of the molecule is COc1cc(OC)cc(C2=NN(C(=O)CCC(=O)O)[C@H](c3cc4cccc(C)c4nc3Cl)C2)c1. The van der Waals surface area contributed by atoms with Gasteiger partial charge < -0.3 is 14.6 Å². The first kappa shape index (κ1) is 23.5. The van der Waals surface area contributed by atoms with E-state index in [-0.39, 0.29) is 18.0 Å². The molecule has 0 saturated heterocycles. The molecule has 4 rings (SSSR count). The molecular formula is C25H24ClN3O5. The fourth-order valence-electron chi connectivity index (χ4n) is 4.03. The highest BCUT2D eigenvalue weighted by Gasteiger charge is 2.35. The molecule has 0 saturated carbocycles. The first-order chi connectivity index (χ1) is 16.3. The Labute approximate surface area is 201 Å². The number of hydrazone groups is 1. The lowest BCUT2D eigenvalue weighted by Crippen LogP contribution is -2.27. The lowest BCUT2D eigenvalue weighted by molar-refractivity contribution is -0.141. The highest BCUT2D eigenvalue weighted by Crippen LogP contribution is 2.39. The molecule has 1 N–H and O–H groups in total. The fourth-order valence-corrected chi connectivity index (χ4v) is 4.30. The van der Waals surface area contributed by atoms with Crippen LogP contribution >= 0.6 is 11.6 Å². The van der Waals surface area contributed by atoms with Gasteiger partial charge in [0.2, 0.25) is 5.91 Å². The molecule has 176 valence electrons. The standard InChI is InChI=1S/C25H24ClN3O5/c1-14-5-4-6-15-11-19(25(26)27-24(14)15)21-13-20(28-29(21)22(30)7-8-23(31)32)16-9-17(33-2)12-18(10-16)34-3/h4-6,9-12,21H,7-8,13H2,1-3H3,(H,31,32)/t21-/m0/s1. The Bertz CT molecular complexity index is 1280. The molecule has 2 aromatic carbocycles. The van der Waals surface area contributed by atoms with Crippen LogP contribution in [-0.2, 0) is 9.59 Å². The van der Waals surface area contributed by atoms with Crippen LogP contribution in [-0.4, -0.2) is 46.9 Å². The summed E-state index contributed by atoms with van der Waals surface area (Å²) < 4.78 is 10.7. The molecule has 1 aliphatic rings. The Kier molecular flexibility index (Phi) is 6.70. The summed E-state index contributed by atoms with van der Waals surface area (Å²) in [6.45, 7) is 1.96. The molecule has 34 heavy (non-hydrogen) atoms. The third kappa shape index (κ3) is 4.68. The van der Waals surface area contributed by atoms with Crippen LogP contribution in [0.25, 0.3) is 10.9 Å². The van der Waals surface area contributed by atoms with Crippen molar-refractivity contribution in [3.05, 3.63) is 64.3 Å². The molecule has 0 bridgehead atoms. The van der Waals surface area contributed by atoms with Crippen molar-refractivity contribution in [1.82, 2.24) is 9.99 Å². The quantitative estimate of drug-likeness (QED) is 0.488. The van der Waals surface area contributed by atoms with Gasteiger partial charge >= 0.3 is 5.97 Å². The van der Waals surface area contributed by atoms with E-state index in [0.717, 1.165) is 22.0 Å². The lowest BCUT2D eigenvalue weighted by Gasteiger charge is -2.23. The van der Waals surface area contributed by atoms with E-state index in [1.54, 1.807) is 20.3 Å². The van der Waals surface area contributed by atoms with Crippen LogP contribution in [0.3, 0.4) is 0 Å². The van der Waals surface area contributed by atoms with E-state index in [2.05, 4.69) is 10.1 Å². The van der Waals surface area contributed by atoms with Crippen LogP contribution in [0.2, 0.25) is 5.15 Å². The molecule has 1 amide bonds. The average molecular weight is 482 g/mol. The summed E-state index contributed by atoms with van der Waals surface area (Å²) in [5.74, 6) is -0.278. The summed E-state index contributed by atoms with van der Waals surface area (Å²) in [6.07, 6.45) is -0.0988. The number of aromatic nitrogens is 1. The number of carboxylic acids is 1. The van der Waals surface area contributed by atoms with Gasteiger partial charge in [-0.1, -0.05) is 29.8 Å². The van der Waals surface area contributed by atoms with E-state index >= 15 is 0 Å². The number of carbonyl (C=O) groups is 2. The van der Waals surface area contributed by atoms with Gasteiger partial charge in [0.15, 0.2) is 0 Å². The topological polar surface area (TPSA) is 101 Å². The van der Waals surface area contributed by atoms with Crippen LogP contribution in [0.4, 0.5) is 0 Å². The van der Waals surface area contributed by atoms with Gasteiger partial charge in [-0.05, 0) is 30.7 Å². The number of methoxy groups -OCH3 is 2. The Hall–Kier alpha value is -3.65. The molecule has 0 radical (unpaired) electrons. The zero-order valence-corrected chi connectivity index (χ0v) is 19.8. The molecule has 0 fully saturated rings. The minimum Gasteiger partial charge on any atom is -0.497 e. The molecule has 0 spiro atoms. The third-order valence-electron chi connectivity index (χ3n) is 5.79. The maximum atomic E-state index is 13.0. The minimum atomic E-state index is -1.05. The van der Waals surface area contributed by atoms with Crippen molar-refractivity contribution in [2.45, 2.75) is 32.2 Å². The second-order valence-corrected chi connectivity index (χ2v) is 8.37. The van der Waals surface area contributed by atoms with E-state index < -0.39 is 17.9 Å². The maximum absolute atomic E-state index is 13.0. The zero-order chi connectivity index (χ0) is 24.4. The number of carbonyl (C=O) groups excluding carboxylic acids is 1. The van der Waals surface area contributed by atoms with Gasteiger partial charge in [0, 0.05) is 35.4 Å². The van der Waals surface area contributed by atoms with Crippen LogP contribution in [0.5, 0.6) is 11.5 Å². The van der Waals surface area contributed by atoms with E-state index in [0.29, 0.717) is 29.2 Å². The Morgan fingerprint density at radius 3 is 2.47 bits per heavy atom. The summed E-state index contributed by atoms with van der Waals surface area (Å²) >= 11 is 6.61. The number of benzene rings is 2. The van der Waals surface area contributed by atoms with E-state index in [4.69, 9.17) is 26.2 Å². The number of aryl methyl sites for hydroxylation is 1. The van der Waals surface area contributed by atoms with Crippen molar-refractivity contribution in [3.63, 3.8) is 0 Å². The molecule has 2 heterocycles. The monoisotopic (exact) mass is 481 g/mol. The molecule has 1 atom stereocenters. The van der Waals surface area contributed by atoms with Crippen molar-refractivity contribution in [2.24, 2.45) is 5.10 Å². The number of aliphatic carboxylic acids is 1. The summed E-state index contributed by atoms with van der Waals surface area (Å²) in [6, 6.07) is 12.6. The Balaban J connectivity index is 1.78. The van der Waals surface area contributed by atoms with Gasteiger partial charge in [-0.15, -0.1) is 0 Å². The van der Waals surface area contributed by atoms with Gasteiger partial charge in [-0.3, -0.25) is 9.59 Å². The number of pyridine rings is 1. The molecule has 8 nitrogen and oxygen atoms in total. The molecule has 1 aromatic heterocycles. The predicted octanol–water partition coefficient (Wildman–Crippen LogP) is 4.76. The van der Waals surface area contributed by atoms with E-state index in [1.807, 2.05) is 43.3 Å². The Morgan fingerprint density at radius 2 is 1.82 bits per heavy atom. The van der Waals surface area contributed by atoms with Crippen LogP contribution in [0, 0.1) is 6.92 Å². The van der Waals surface area contributed by atoms with Crippen LogP contribution < -0.4 is 9.47 Å². The largest absolute Gasteiger partial charge is 0.497 e. The van der Waals surface area contributed by atoms with E-state index in [1.165, 1.54) is 5.01 Å². The number of fused-ring (bicyclic) bond motifs is 1. The highest BCUT2D eigenvalue weighted by atomic mass is 35.5. The maximum Gasteiger partial charge on any atom is 0.303 e. The number of amides is 1. The number of ether oxygens (including phenoxy) is 2. The normalized spacial score (nSPS) is 15.4. The van der Waals surface area contributed by atoms with Crippen LogP contribution in [0.15, 0.2) is 47.6 Å². The minimum absolute atomic E-state index is 0.179. The molecule has 1 aliphatic heterocycles. The van der Waals surface area contributed by atoms with Crippen molar-refractivity contribution in [2.75, 3.05) is 14.2 Å². The van der Waals surface area contributed by atoms with Gasteiger partial charge in [0.25, 0.3) is 0 Å². The van der Waals surface area contributed by atoms with Crippen molar-refractivity contribution >= 4 is 40.1 Å². The molecule has 0 aliphatic carbocycles. The molecule has 0 unspecified atom stereocenters. The zero-order valence-electron chi connectivity index (χ0n) is 19.0. The van der Waals surface area contributed by atoms with E-state index in [9.17, 15) is 9.59 Å². The fraction of sp³-hybridized carbons (Fsp3) is 0.280. The smallest absolute Gasteiger partial charge is 0.303 e. The third-order valence-corrected chi connectivity index (χ3v) is 6.09. The van der Waals surface area contributed by atoms with Gasteiger partial charge in [-0.2, -0.15) is 5.10 Å². The van der Waals surface area contributed by atoms with Crippen molar-refractivity contribution < 1.29 is 24.2 Å². The number of hydrogen-bond donors (Lipinski definition) is 1. The number of halogens is 1. The molecule has 9 heteroatoms. The number of para-hydroxylation sites is 1. The second-order valence-electron chi connectivity index (χ2n) is 8.02. The average Bonchev–Trinajstić information content (AvgIpc) is 3.27. The summed E-state index contributed by atoms with van der Waals surface area (Å²) in [4.78, 5) is 28.7. The summed E-state index contributed by atoms with van der Waals surface area (Å²) in [5, 5.41) is 16.2. The second kappa shape index (κ2) is 9.69. The van der Waals surface area contributed by atoms with Crippen LogP contribution in [0.1, 0.15) is 42.0 Å². The van der Waals surface area contributed by atoms with Crippen molar-refractivity contribution in [1.29, 1.82) is 0 Å². The number of carboxylic acid groups (broad SMARTS) is 1. The number of hydrogen-bond acceptors (Lipinski definition) is 6. The first-order valence-electron chi connectivity index (χ1n) is 10.7. The highest BCUT2D eigenvalue weighted by molar-refractivity contribution is 6.30. The van der Waals surface area contributed by atoms with Gasteiger partial charge in [0.05, 0.1) is 37.9 Å². The number of nitrogens with zero attached hydrogens (tertiary/aromatic N) is 3. The summed E-state index contributed by atoms with van der Waals surface area (Å²) in [7, 11) is 3.12. The summed E-state index contributed by atoms with van der Waals surface area (Å²) in [5.41, 5.74) is 3.79. The molecule has 3 aromatic rings. The number of rotatable bonds is 7.